The first-order chi connectivity index (χ1) is 9.70. The highest BCUT2D eigenvalue weighted by molar-refractivity contribution is 5.94. The Morgan fingerprint density at radius 2 is 2.10 bits per heavy atom. The van der Waals surface area contributed by atoms with Crippen LogP contribution in [0.3, 0.4) is 0 Å². The first-order valence-corrected chi connectivity index (χ1v) is 6.54. The minimum Gasteiger partial charge on any atom is -0.421 e. The van der Waals surface area contributed by atoms with E-state index in [1.54, 1.807) is 6.92 Å². The number of amides is 1. The van der Waals surface area contributed by atoms with Crippen molar-refractivity contribution in [3.05, 3.63) is 30.2 Å². The molecule has 0 atom stereocenters. The molecule has 0 spiro atoms. The van der Waals surface area contributed by atoms with Gasteiger partial charge < -0.3 is 15.1 Å². The maximum Gasteiger partial charge on any atom is 0.249 e. The summed E-state index contributed by atoms with van der Waals surface area (Å²) >= 11 is 0. The standard InChI is InChI=1S/C14H18N4O2/c1-10-17-18-14(20-10)11-6-3-4-7-12(11)16-13(19)8-5-9-15-2/h3-4,6-7,15H,5,8-9H2,1-2H3,(H,16,19). The lowest BCUT2D eigenvalue weighted by Crippen LogP contribution is -2.15. The Kier molecular flexibility index (Phi) is 4.84. The number of nitrogens with one attached hydrogen (secondary N) is 2. The summed E-state index contributed by atoms with van der Waals surface area (Å²) in [5.41, 5.74) is 1.42. The zero-order valence-electron chi connectivity index (χ0n) is 11.6. The van der Waals surface area contributed by atoms with E-state index in [1.165, 1.54) is 0 Å². The quantitative estimate of drug-likeness (QED) is 0.787. The summed E-state index contributed by atoms with van der Waals surface area (Å²) in [7, 11) is 1.87. The summed E-state index contributed by atoms with van der Waals surface area (Å²) in [4.78, 5) is 11.9. The number of para-hydroxylation sites is 1. The number of aryl methyl sites for hydroxylation is 1. The van der Waals surface area contributed by atoms with Crippen molar-refractivity contribution in [1.82, 2.24) is 15.5 Å². The van der Waals surface area contributed by atoms with Crippen LogP contribution in [0.25, 0.3) is 11.5 Å². The fourth-order valence-corrected chi connectivity index (χ4v) is 1.82. The normalized spacial score (nSPS) is 10.5. The molecule has 0 saturated heterocycles. The van der Waals surface area contributed by atoms with E-state index in [0.717, 1.165) is 18.5 Å². The van der Waals surface area contributed by atoms with E-state index in [4.69, 9.17) is 4.42 Å². The molecule has 0 bridgehead atoms. The third kappa shape index (κ3) is 3.64. The van der Waals surface area contributed by atoms with Crippen LogP contribution in [0, 0.1) is 6.92 Å². The molecule has 2 N–H and O–H groups in total. The van der Waals surface area contributed by atoms with Crippen molar-refractivity contribution in [3.63, 3.8) is 0 Å². The van der Waals surface area contributed by atoms with Gasteiger partial charge in [0.2, 0.25) is 17.7 Å². The highest BCUT2D eigenvalue weighted by Crippen LogP contribution is 2.26. The summed E-state index contributed by atoms with van der Waals surface area (Å²) in [6.07, 6.45) is 1.27. The Bertz CT molecular complexity index is 580. The van der Waals surface area contributed by atoms with E-state index >= 15 is 0 Å². The largest absolute Gasteiger partial charge is 0.421 e. The van der Waals surface area contributed by atoms with Gasteiger partial charge in [-0.15, -0.1) is 10.2 Å². The van der Waals surface area contributed by atoms with Crippen LogP contribution in [0.2, 0.25) is 0 Å². The lowest BCUT2D eigenvalue weighted by molar-refractivity contribution is -0.116. The van der Waals surface area contributed by atoms with E-state index in [9.17, 15) is 4.79 Å². The molecule has 1 aromatic carbocycles. The van der Waals surface area contributed by atoms with Gasteiger partial charge in [0, 0.05) is 13.3 Å². The first kappa shape index (κ1) is 14.2. The van der Waals surface area contributed by atoms with Gasteiger partial charge in [-0.3, -0.25) is 4.79 Å². The molecule has 106 valence electrons. The maximum absolute atomic E-state index is 11.9. The van der Waals surface area contributed by atoms with Crippen LogP contribution < -0.4 is 10.6 Å². The number of rotatable bonds is 6. The van der Waals surface area contributed by atoms with Crippen molar-refractivity contribution >= 4 is 11.6 Å². The summed E-state index contributed by atoms with van der Waals surface area (Å²) in [5.74, 6) is 0.882. The number of carbonyl (C=O) groups is 1. The van der Waals surface area contributed by atoms with Crippen molar-refractivity contribution in [1.29, 1.82) is 0 Å². The summed E-state index contributed by atoms with van der Waals surface area (Å²) in [5, 5.41) is 13.7. The molecule has 2 rings (SSSR count). The second-order valence-corrected chi connectivity index (χ2v) is 4.43. The molecular formula is C14H18N4O2. The van der Waals surface area contributed by atoms with E-state index < -0.39 is 0 Å². The number of benzene rings is 1. The Morgan fingerprint density at radius 3 is 2.80 bits per heavy atom. The smallest absolute Gasteiger partial charge is 0.249 e. The van der Waals surface area contributed by atoms with Crippen LogP contribution in [0.5, 0.6) is 0 Å². The minimum atomic E-state index is -0.0241. The molecule has 0 saturated carbocycles. The number of nitrogens with zero attached hydrogens (tertiary/aromatic N) is 2. The van der Waals surface area contributed by atoms with Crippen molar-refractivity contribution in [2.24, 2.45) is 0 Å². The zero-order valence-corrected chi connectivity index (χ0v) is 11.6. The molecule has 1 heterocycles. The topological polar surface area (TPSA) is 80.0 Å². The Balaban J connectivity index is 2.10. The van der Waals surface area contributed by atoms with Gasteiger partial charge in [0.25, 0.3) is 0 Å². The molecule has 6 nitrogen and oxygen atoms in total. The van der Waals surface area contributed by atoms with Gasteiger partial charge in [-0.05, 0) is 32.1 Å². The molecule has 2 aromatic rings. The van der Waals surface area contributed by atoms with Gasteiger partial charge in [-0.25, -0.2) is 0 Å². The van der Waals surface area contributed by atoms with Crippen molar-refractivity contribution < 1.29 is 9.21 Å². The highest BCUT2D eigenvalue weighted by Gasteiger charge is 2.12. The monoisotopic (exact) mass is 274 g/mol. The van der Waals surface area contributed by atoms with Crippen LogP contribution >= 0.6 is 0 Å². The molecule has 0 unspecified atom stereocenters. The zero-order chi connectivity index (χ0) is 14.4. The molecule has 0 aliphatic rings. The Labute approximate surface area is 117 Å². The lowest BCUT2D eigenvalue weighted by Gasteiger charge is -2.08. The number of hydrogen-bond acceptors (Lipinski definition) is 5. The predicted octanol–water partition coefficient (Wildman–Crippen LogP) is 1.98. The molecule has 0 aliphatic heterocycles. The van der Waals surface area contributed by atoms with E-state index in [-0.39, 0.29) is 5.91 Å². The first-order valence-electron chi connectivity index (χ1n) is 6.54. The molecule has 0 aliphatic carbocycles. The maximum atomic E-state index is 11.9. The van der Waals surface area contributed by atoms with Crippen LogP contribution in [0.4, 0.5) is 5.69 Å². The molecule has 1 amide bonds. The molecule has 0 radical (unpaired) electrons. The van der Waals surface area contributed by atoms with Gasteiger partial charge in [0.05, 0.1) is 11.3 Å². The van der Waals surface area contributed by atoms with Gasteiger partial charge in [-0.2, -0.15) is 0 Å². The Hall–Kier alpha value is -2.21. The third-order valence-corrected chi connectivity index (χ3v) is 2.79. The molecule has 20 heavy (non-hydrogen) atoms. The molecule has 6 heteroatoms. The van der Waals surface area contributed by atoms with Crippen LogP contribution in [-0.2, 0) is 4.79 Å². The fourth-order valence-electron chi connectivity index (χ4n) is 1.82. The number of hydrogen-bond donors (Lipinski definition) is 2. The minimum absolute atomic E-state index is 0.0241. The average Bonchev–Trinajstić information content (AvgIpc) is 2.86. The summed E-state index contributed by atoms with van der Waals surface area (Å²) in [6, 6.07) is 7.39. The fraction of sp³-hybridized carbons (Fsp3) is 0.357. The van der Waals surface area contributed by atoms with Gasteiger partial charge >= 0.3 is 0 Å². The molecule has 1 aromatic heterocycles. The van der Waals surface area contributed by atoms with E-state index in [1.807, 2.05) is 31.3 Å². The summed E-state index contributed by atoms with van der Waals surface area (Å²) < 4.78 is 5.41. The van der Waals surface area contributed by atoms with Crippen LogP contribution in [-0.4, -0.2) is 29.7 Å². The summed E-state index contributed by atoms with van der Waals surface area (Å²) in [6.45, 7) is 2.55. The van der Waals surface area contributed by atoms with Crippen molar-refractivity contribution in [3.8, 4) is 11.5 Å². The molecule has 0 fully saturated rings. The predicted molar refractivity (Wildman–Crippen MR) is 76.3 cm³/mol. The van der Waals surface area contributed by atoms with Crippen LogP contribution in [0.1, 0.15) is 18.7 Å². The highest BCUT2D eigenvalue weighted by atomic mass is 16.4. The van der Waals surface area contributed by atoms with Gasteiger partial charge in [0.1, 0.15) is 0 Å². The second kappa shape index (κ2) is 6.81. The average molecular weight is 274 g/mol. The lowest BCUT2D eigenvalue weighted by atomic mass is 10.1. The Morgan fingerprint density at radius 1 is 1.30 bits per heavy atom. The number of carbonyl (C=O) groups excluding carboxylic acids is 1. The van der Waals surface area contributed by atoms with Gasteiger partial charge in [-0.1, -0.05) is 12.1 Å². The number of aromatic nitrogens is 2. The van der Waals surface area contributed by atoms with Crippen molar-refractivity contribution in [2.45, 2.75) is 19.8 Å². The second-order valence-electron chi connectivity index (χ2n) is 4.43. The van der Waals surface area contributed by atoms with E-state index in [2.05, 4.69) is 20.8 Å². The van der Waals surface area contributed by atoms with Crippen LogP contribution in [0.15, 0.2) is 28.7 Å². The SMILES string of the molecule is CNCCCC(=O)Nc1ccccc1-c1nnc(C)o1. The molecular weight excluding hydrogens is 256 g/mol. The van der Waals surface area contributed by atoms with Crippen molar-refractivity contribution in [2.75, 3.05) is 18.9 Å². The van der Waals surface area contributed by atoms with E-state index in [0.29, 0.717) is 23.9 Å². The number of anilines is 1. The van der Waals surface area contributed by atoms with Gasteiger partial charge in [0.15, 0.2) is 0 Å². The third-order valence-electron chi connectivity index (χ3n) is 2.79.